The lowest BCUT2D eigenvalue weighted by Crippen LogP contribution is -2.61. The van der Waals surface area contributed by atoms with E-state index in [4.69, 9.17) is 14.2 Å². The summed E-state index contributed by atoms with van der Waals surface area (Å²) in [5.41, 5.74) is 0. The van der Waals surface area contributed by atoms with E-state index < -0.39 is 67.4 Å². The van der Waals surface area contributed by atoms with Crippen LogP contribution in [0.5, 0.6) is 0 Å². The zero-order valence-electron chi connectivity index (χ0n) is 59.4. The van der Waals surface area contributed by atoms with Crippen LogP contribution in [0.4, 0.5) is 0 Å². The van der Waals surface area contributed by atoms with Gasteiger partial charge < -0.3 is 45.1 Å². The van der Waals surface area contributed by atoms with E-state index in [1.807, 2.05) is 6.08 Å². The fourth-order valence-electron chi connectivity index (χ4n) is 11.7. The summed E-state index contributed by atoms with van der Waals surface area (Å²) in [6.45, 7) is 5.71. The summed E-state index contributed by atoms with van der Waals surface area (Å²) in [5.74, 6) is -1.20. The molecule has 0 aliphatic carbocycles. The molecule has 0 aromatic carbocycles. The highest BCUT2D eigenvalue weighted by atomic mass is 16.7. The minimum absolute atomic E-state index is 0.122. The van der Waals surface area contributed by atoms with Crippen LogP contribution in [0, 0.1) is 0 Å². The van der Waals surface area contributed by atoms with E-state index in [-0.39, 0.29) is 19.4 Å². The number of carbonyl (C=O) groups is 2. The molecule has 11 nitrogen and oxygen atoms in total. The second-order valence-corrected chi connectivity index (χ2v) is 26.4. The number of allylic oxidation sites excluding steroid dienone is 15. The van der Waals surface area contributed by atoms with Crippen LogP contribution in [0.2, 0.25) is 0 Å². The van der Waals surface area contributed by atoms with Crippen LogP contribution in [0.1, 0.15) is 342 Å². The van der Waals surface area contributed by atoms with Crippen molar-refractivity contribution in [2.75, 3.05) is 13.2 Å². The zero-order valence-corrected chi connectivity index (χ0v) is 59.4. The molecule has 1 aliphatic rings. The second kappa shape index (κ2) is 67.6. The predicted molar refractivity (Wildman–Crippen MR) is 389 cm³/mol. The number of esters is 1. The Balaban J connectivity index is 2.53. The maximum absolute atomic E-state index is 13.5. The fourth-order valence-corrected chi connectivity index (χ4v) is 11.7. The third kappa shape index (κ3) is 53.8. The standard InChI is InChI=1S/C81H143NO10/c1-4-7-10-13-16-19-22-25-27-29-31-33-35-37-39-40-42-44-46-48-50-53-56-59-62-65-68-74(85)80(89)82-72(73(84)67-64-61-58-55-52-24-21-18-15-12-9-6-3)71-90-81-79(78(88)77(87)75(70-83)91-81)92-76(86)69-66-63-60-57-54-51-49-47-45-43-41-38-36-34-32-30-28-26-23-20-17-14-11-8-5-2/h7,10,16,19,25-28,31,33,37,39,42,44,64,67,72-75,77-79,81,83-85,87-88H,4-6,8-9,11-15,17-18,20-24,29-30,32,34-36,38,40-41,43,45-63,65-66,68-71H2,1-3H3,(H,82,89)/b10-7-,19-16-,27-25-,28-26+,33-31-,39-37-,44-42-,67-64+. The minimum Gasteiger partial charge on any atom is -0.454 e. The Morgan fingerprint density at radius 2 is 0.783 bits per heavy atom. The van der Waals surface area contributed by atoms with Gasteiger partial charge in [-0.15, -0.1) is 0 Å². The first kappa shape index (κ1) is 86.6. The number of nitrogens with one attached hydrogen (secondary N) is 1. The van der Waals surface area contributed by atoms with Crippen molar-refractivity contribution in [3.05, 3.63) is 97.2 Å². The van der Waals surface area contributed by atoms with Crippen molar-refractivity contribution in [1.29, 1.82) is 0 Å². The van der Waals surface area contributed by atoms with Crippen LogP contribution in [0.15, 0.2) is 97.2 Å². The fraction of sp³-hybridized carbons (Fsp3) is 0.778. The topological polar surface area (TPSA) is 175 Å². The number of aliphatic hydroxyl groups is 5. The molecular weight excluding hydrogens is 1150 g/mol. The van der Waals surface area contributed by atoms with Gasteiger partial charge in [-0.1, -0.05) is 330 Å². The van der Waals surface area contributed by atoms with Crippen LogP contribution >= 0.6 is 0 Å². The Morgan fingerprint density at radius 3 is 1.18 bits per heavy atom. The highest BCUT2D eigenvalue weighted by molar-refractivity contribution is 5.80. The Bertz CT molecular complexity index is 1870. The van der Waals surface area contributed by atoms with Gasteiger partial charge in [0.1, 0.15) is 24.4 Å². The van der Waals surface area contributed by atoms with Crippen LogP contribution in [0.25, 0.3) is 0 Å². The molecule has 1 aliphatic heterocycles. The third-order valence-electron chi connectivity index (χ3n) is 17.7. The van der Waals surface area contributed by atoms with Gasteiger partial charge >= 0.3 is 5.97 Å². The highest BCUT2D eigenvalue weighted by Gasteiger charge is 2.47. The lowest BCUT2D eigenvalue weighted by Gasteiger charge is -2.41. The van der Waals surface area contributed by atoms with Crippen LogP contribution in [0.3, 0.4) is 0 Å². The Morgan fingerprint density at radius 1 is 0.435 bits per heavy atom. The SMILES string of the molecule is CC/C=C\C/C=C\C/C=C\C/C=C\C/C=C\C/C=C\CCCCCCCCCC(O)C(=O)NC(COC1OC(CO)C(O)C(O)C1OC(=O)CCCCCCCCCCCCCCCCC/C=C/CCCCCCCC)C(O)/C=C/CCCCCCCCCCCC. The lowest BCUT2D eigenvalue weighted by molar-refractivity contribution is -0.305. The first-order valence-electron chi connectivity index (χ1n) is 38.5. The van der Waals surface area contributed by atoms with Crippen molar-refractivity contribution in [2.24, 2.45) is 0 Å². The van der Waals surface area contributed by atoms with E-state index in [1.165, 1.54) is 180 Å². The van der Waals surface area contributed by atoms with Gasteiger partial charge in [-0.05, 0) is 103 Å². The number of aliphatic hydroxyl groups excluding tert-OH is 5. The van der Waals surface area contributed by atoms with E-state index in [0.717, 1.165) is 116 Å². The number of ether oxygens (including phenoxy) is 3. The molecule has 92 heavy (non-hydrogen) atoms. The molecule has 1 saturated heterocycles. The first-order chi connectivity index (χ1) is 45.2. The Kier molecular flexibility index (Phi) is 63.6. The van der Waals surface area contributed by atoms with E-state index in [0.29, 0.717) is 12.8 Å². The zero-order chi connectivity index (χ0) is 66.7. The molecule has 0 aromatic heterocycles. The van der Waals surface area contributed by atoms with Crippen molar-refractivity contribution < 1.29 is 49.3 Å². The van der Waals surface area contributed by atoms with Crippen molar-refractivity contribution in [3.8, 4) is 0 Å². The number of hydrogen-bond donors (Lipinski definition) is 6. The molecule has 6 N–H and O–H groups in total. The molecule has 1 amide bonds. The normalized spacial score (nSPS) is 18.5. The molecule has 11 heteroatoms. The molecule has 1 fully saturated rings. The largest absolute Gasteiger partial charge is 0.454 e. The van der Waals surface area contributed by atoms with E-state index >= 15 is 0 Å². The molecule has 8 atom stereocenters. The quantitative estimate of drug-likeness (QED) is 0.0195. The predicted octanol–water partition coefficient (Wildman–Crippen LogP) is 20.6. The van der Waals surface area contributed by atoms with Gasteiger partial charge in [0.25, 0.3) is 0 Å². The summed E-state index contributed by atoms with van der Waals surface area (Å²) in [6, 6.07) is -1.03. The number of rotatable bonds is 66. The van der Waals surface area contributed by atoms with Gasteiger partial charge in [0.2, 0.25) is 5.91 Å². The summed E-state index contributed by atoms with van der Waals surface area (Å²) in [6.07, 6.45) is 81.7. The summed E-state index contributed by atoms with van der Waals surface area (Å²) in [7, 11) is 0. The van der Waals surface area contributed by atoms with Gasteiger partial charge in [-0.3, -0.25) is 9.59 Å². The molecule has 0 aromatic rings. The minimum atomic E-state index is -1.62. The smallest absolute Gasteiger partial charge is 0.306 e. The van der Waals surface area contributed by atoms with Gasteiger partial charge in [-0.2, -0.15) is 0 Å². The van der Waals surface area contributed by atoms with Crippen LogP contribution in [-0.4, -0.2) is 99.6 Å². The molecule has 0 spiro atoms. The number of hydrogen-bond acceptors (Lipinski definition) is 10. The highest BCUT2D eigenvalue weighted by Crippen LogP contribution is 2.26. The average molecular weight is 1290 g/mol. The van der Waals surface area contributed by atoms with Crippen LogP contribution < -0.4 is 5.32 Å². The molecule has 532 valence electrons. The van der Waals surface area contributed by atoms with Gasteiger partial charge in [0.15, 0.2) is 12.4 Å². The van der Waals surface area contributed by atoms with Gasteiger partial charge in [-0.25, -0.2) is 0 Å². The third-order valence-corrected chi connectivity index (χ3v) is 17.7. The van der Waals surface area contributed by atoms with Crippen molar-refractivity contribution in [1.82, 2.24) is 5.32 Å². The number of unbranched alkanes of at least 4 members (excludes halogenated alkanes) is 38. The Labute approximate surface area is 565 Å². The number of amides is 1. The summed E-state index contributed by atoms with van der Waals surface area (Å²) in [5, 5.41) is 57.4. The van der Waals surface area contributed by atoms with Crippen LogP contribution in [-0.2, 0) is 23.8 Å². The number of carbonyl (C=O) groups excluding carboxylic acids is 2. The van der Waals surface area contributed by atoms with Crippen molar-refractivity contribution in [3.63, 3.8) is 0 Å². The molecular formula is C81H143NO10. The summed E-state index contributed by atoms with van der Waals surface area (Å²) < 4.78 is 17.7. The van der Waals surface area contributed by atoms with Gasteiger partial charge in [0.05, 0.1) is 25.4 Å². The van der Waals surface area contributed by atoms with Crippen molar-refractivity contribution in [2.45, 2.75) is 391 Å². The lowest BCUT2D eigenvalue weighted by atomic mass is 9.99. The van der Waals surface area contributed by atoms with Gasteiger partial charge in [0, 0.05) is 6.42 Å². The molecule has 0 bridgehead atoms. The maximum atomic E-state index is 13.5. The monoisotopic (exact) mass is 1290 g/mol. The average Bonchev–Trinajstić information content (AvgIpc) is 0.881. The van der Waals surface area contributed by atoms with E-state index in [2.05, 4.69) is 111 Å². The molecule has 1 heterocycles. The van der Waals surface area contributed by atoms with E-state index in [9.17, 15) is 35.1 Å². The second-order valence-electron chi connectivity index (χ2n) is 26.4. The van der Waals surface area contributed by atoms with Crippen molar-refractivity contribution >= 4 is 11.9 Å². The molecule has 0 radical (unpaired) electrons. The first-order valence-corrected chi connectivity index (χ1v) is 38.5. The molecule has 8 unspecified atom stereocenters. The summed E-state index contributed by atoms with van der Waals surface area (Å²) in [4.78, 5) is 26.8. The summed E-state index contributed by atoms with van der Waals surface area (Å²) >= 11 is 0. The molecule has 0 saturated carbocycles. The maximum Gasteiger partial charge on any atom is 0.306 e. The van der Waals surface area contributed by atoms with E-state index in [1.54, 1.807) is 6.08 Å². The molecule has 1 rings (SSSR count). The Hall–Kier alpha value is -3.42.